The smallest absolute Gasteiger partial charge is 0.185 e. The van der Waals surface area contributed by atoms with Crippen molar-refractivity contribution < 1.29 is 0 Å². The lowest BCUT2D eigenvalue weighted by Crippen LogP contribution is -2.09. The van der Waals surface area contributed by atoms with E-state index in [2.05, 4.69) is 34.3 Å². The third-order valence-corrected chi connectivity index (χ3v) is 3.22. The molecule has 1 heterocycles. The normalized spacial score (nSPS) is 16.7. The van der Waals surface area contributed by atoms with Crippen molar-refractivity contribution in [2.45, 2.75) is 12.8 Å². The fraction of sp³-hybridized carbons (Fsp3) is 0.333. The first-order valence-electron chi connectivity index (χ1n) is 5.39. The van der Waals surface area contributed by atoms with Crippen LogP contribution in [-0.4, -0.2) is 23.3 Å². The fourth-order valence-electron chi connectivity index (χ4n) is 1.51. The molecule has 0 unspecified atom stereocenters. The Bertz CT molecular complexity index is 403. The van der Waals surface area contributed by atoms with Crippen LogP contribution in [0.15, 0.2) is 40.3 Å². The summed E-state index contributed by atoms with van der Waals surface area (Å²) in [6.07, 6.45) is 2.13. The van der Waals surface area contributed by atoms with Gasteiger partial charge in [-0.15, -0.1) is 12.4 Å². The second-order valence-corrected chi connectivity index (χ2v) is 4.59. The number of aliphatic imine (C=N–C) groups is 2. The van der Waals surface area contributed by atoms with E-state index in [1.54, 1.807) is 11.8 Å². The molecule has 0 saturated carbocycles. The monoisotopic (exact) mass is 269 g/mol. The minimum Gasteiger partial charge on any atom is -0.386 e. The molecule has 92 valence electrons. The summed E-state index contributed by atoms with van der Waals surface area (Å²) in [7, 11) is 0. The number of nitrogens with two attached hydrogens (primary N) is 1. The van der Waals surface area contributed by atoms with Gasteiger partial charge in [-0.3, -0.25) is 4.99 Å². The van der Waals surface area contributed by atoms with Crippen LogP contribution in [0.5, 0.6) is 0 Å². The van der Waals surface area contributed by atoms with Crippen LogP contribution in [0.2, 0.25) is 0 Å². The third-order valence-electron chi connectivity index (χ3n) is 2.30. The first-order chi connectivity index (χ1) is 7.84. The number of hydrogen-bond donors (Lipinski definition) is 1. The van der Waals surface area contributed by atoms with Crippen LogP contribution in [0.1, 0.15) is 12.0 Å². The molecule has 3 nitrogen and oxygen atoms in total. The summed E-state index contributed by atoms with van der Waals surface area (Å²) < 4.78 is 0. The summed E-state index contributed by atoms with van der Waals surface area (Å²) in [4.78, 5) is 8.54. The Labute approximate surface area is 112 Å². The molecule has 0 bridgehead atoms. The molecule has 1 aliphatic heterocycles. The summed E-state index contributed by atoms with van der Waals surface area (Å²) in [6, 6.07) is 10.5. The van der Waals surface area contributed by atoms with Crippen LogP contribution in [0, 0.1) is 0 Å². The predicted octanol–water partition coefficient (Wildman–Crippen LogP) is 2.50. The minimum absolute atomic E-state index is 0. The van der Waals surface area contributed by atoms with Crippen molar-refractivity contribution in [1.82, 2.24) is 0 Å². The van der Waals surface area contributed by atoms with Crippen LogP contribution in [-0.2, 0) is 6.42 Å². The molecule has 5 heteroatoms. The van der Waals surface area contributed by atoms with E-state index in [4.69, 9.17) is 5.73 Å². The molecule has 1 aromatic rings. The van der Waals surface area contributed by atoms with Crippen molar-refractivity contribution in [3.8, 4) is 0 Å². The summed E-state index contributed by atoms with van der Waals surface area (Å²) in [6.45, 7) is 0.827. The zero-order valence-corrected chi connectivity index (χ0v) is 11.1. The predicted molar refractivity (Wildman–Crippen MR) is 78.4 cm³/mol. The number of thioether (sulfide) groups is 1. The average molecular weight is 270 g/mol. The van der Waals surface area contributed by atoms with Crippen LogP contribution >= 0.6 is 24.2 Å². The van der Waals surface area contributed by atoms with Crippen LogP contribution in [0.4, 0.5) is 0 Å². The number of benzene rings is 1. The molecule has 1 aromatic carbocycles. The Morgan fingerprint density at radius 2 is 2.06 bits per heavy atom. The van der Waals surface area contributed by atoms with Gasteiger partial charge in [0.2, 0.25) is 0 Å². The maximum atomic E-state index is 5.57. The van der Waals surface area contributed by atoms with E-state index in [1.807, 2.05) is 6.07 Å². The third kappa shape index (κ3) is 4.79. The van der Waals surface area contributed by atoms with Gasteiger partial charge in [0.25, 0.3) is 0 Å². The van der Waals surface area contributed by atoms with Gasteiger partial charge in [0.15, 0.2) is 5.17 Å². The summed E-state index contributed by atoms with van der Waals surface area (Å²) in [5, 5.41) is 0.838. The Balaban J connectivity index is 0.00000144. The highest BCUT2D eigenvalue weighted by Gasteiger charge is 2.08. The van der Waals surface area contributed by atoms with E-state index in [-0.39, 0.29) is 12.4 Å². The maximum absolute atomic E-state index is 5.57. The van der Waals surface area contributed by atoms with Gasteiger partial charge in [0, 0.05) is 6.54 Å². The van der Waals surface area contributed by atoms with Gasteiger partial charge < -0.3 is 5.73 Å². The largest absolute Gasteiger partial charge is 0.386 e. The first-order valence-corrected chi connectivity index (χ1v) is 6.37. The highest BCUT2D eigenvalue weighted by atomic mass is 35.5. The summed E-state index contributed by atoms with van der Waals surface area (Å²) in [5.41, 5.74) is 6.93. The molecule has 0 saturated heterocycles. The van der Waals surface area contributed by atoms with Gasteiger partial charge in [-0.1, -0.05) is 42.1 Å². The maximum Gasteiger partial charge on any atom is 0.185 e. The van der Waals surface area contributed by atoms with Gasteiger partial charge in [0.1, 0.15) is 5.84 Å². The summed E-state index contributed by atoms with van der Waals surface area (Å²) >= 11 is 1.62. The highest BCUT2D eigenvalue weighted by Crippen LogP contribution is 2.12. The van der Waals surface area contributed by atoms with E-state index in [0.29, 0.717) is 5.84 Å². The number of aryl methyl sites for hydroxylation is 1. The lowest BCUT2D eigenvalue weighted by molar-refractivity contribution is 0.834. The topological polar surface area (TPSA) is 50.7 Å². The Hall–Kier alpha value is -1.00. The van der Waals surface area contributed by atoms with Gasteiger partial charge in [0.05, 0.1) is 5.75 Å². The van der Waals surface area contributed by atoms with Crippen molar-refractivity contribution in [3.63, 3.8) is 0 Å². The number of nitrogens with zero attached hydrogens (tertiary/aromatic N) is 2. The molecule has 1 aliphatic rings. The molecule has 2 rings (SSSR count). The van der Waals surface area contributed by atoms with Crippen LogP contribution in [0.25, 0.3) is 0 Å². The highest BCUT2D eigenvalue weighted by molar-refractivity contribution is 8.14. The van der Waals surface area contributed by atoms with Gasteiger partial charge >= 0.3 is 0 Å². The van der Waals surface area contributed by atoms with Crippen LogP contribution < -0.4 is 5.73 Å². The second-order valence-electron chi connectivity index (χ2n) is 3.65. The molecule has 0 atom stereocenters. The minimum atomic E-state index is 0. The zero-order valence-electron chi connectivity index (χ0n) is 9.50. The van der Waals surface area contributed by atoms with Crippen LogP contribution in [0.3, 0.4) is 0 Å². The molecule has 0 spiro atoms. The SMILES string of the molecule is Cl.NC1=NC(=NCCCc2ccccc2)SC1. The quantitative estimate of drug-likeness (QED) is 0.854. The second kappa shape index (κ2) is 7.35. The molecule has 2 N–H and O–H groups in total. The van der Waals surface area contributed by atoms with Gasteiger partial charge in [-0.05, 0) is 18.4 Å². The number of rotatable bonds is 4. The number of halogens is 1. The zero-order chi connectivity index (χ0) is 11.2. The standard InChI is InChI=1S/C12H15N3S.ClH/c13-11-9-16-12(15-11)14-8-4-7-10-5-2-1-3-6-10;/h1-3,5-6H,4,7-9H2,(H2,13,14,15);1H. The van der Waals surface area contributed by atoms with Crippen molar-refractivity contribution >= 4 is 35.2 Å². The van der Waals surface area contributed by atoms with E-state index < -0.39 is 0 Å². The van der Waals surface area contributed by atoms with Crippen molar-refractivity contribution in [3.05, 3.63) is 35.9 Å². The molecule has 0 aliphatic carbocycles. The lowest BCUT2D eigenvalue weighted by Gasteiger charge is -1.98. The number of amidine groups is 2. The summed E-state index contributed by atoms with van der Waals surface area (Å²) in [5.74, 6) is 1.48. The van der Waals surface area contributed by atoms with Crippen molar-refractivity contribution in [2.24, 2.45) is 15.7 Å². The van der Waals surface area contributed by atoms with E-state index in [9.17, 15) is 0 Å². The van der Waals surface area contributed by atoms with E-state index in [0.717, 1.165) is 30.3 Å². The molecular formula is C12H16ClN3S. The number of hydrogen-bond acceptors (Lipinski definition) is 3. The molecule has 17 heavy (non-hydrogen) atoms. The van der Waals surface area contributed by atoms with E-state index >= 15 is 0 Å². The molecular weight excluding hydrogens is 254 g/mol. The molecule has 0 aromatic heterocycles. The van der Waals surface area contributed by atoms with Gasteiger partial charge in [-0.2, -0.15) is 0 Å². The fourth-order valence-corrected chi connectivity index (χ4v) is 2.22. The molecule has 0 radical (unpaired) electrons. The van der Waals surface area contributed by atoms with Gasteiger partial charge in [-0.25, -0.2) is 4.99 Å². The van der Waals surface area contributed by atoms with Crippen molar-refractivity contribution in [2.75, 3.05) is 12.3 Å². The van der Waals surface area contributed by atoms with Crippen molar-refractivity contribution in [1.29, 1.82) is 0 Å². The Morgan fingerprint density at radius 3 is 2.71 bits per heavy atom. The lowest BCUT2D eigenvalue weighted by atomic mass is 10.1. The Morgan fingerprint density at radius 1 is 1.29 bits per heavy atom. The average Bonchev–Trinajstić information content (AvgIpc) is 2.72. The molecule has 0 fully saturated rings. The van der Waals surface area contributed by atoms with E-state index in [1.165, 1.54) is 5.56 Å². The molecule has 0 amide bonds. The first kappa shape index (κ1) is 14.1. The Kier molecular flexibility index (Phi) is 6.08.